The van der Waals surface area contributed by atoms with Crippen molar-refractivity contribution >= 4 is 6.21 Å². The average Bonchev–Trinajstić information content (AvgIpc) is 1.72. The summed E-state index contributed by atoms with van der Waals surface area (Å²) in [5.74, 6) is 0. The van der Waals surface area contributed by atoms with Crippen LogP contribution < -0.4 is 0 Å². The number of rotatable bonds is 0. The normalized spacial score (nSPS) is 16.0. The second kappa shape index (κ2) is 1.45. The van der Waals surface area contributed by atoms with Gasteiger partial charge in [-0.25, -0.2) is 0 Å². The monoisotopic (exact) mass is 84.0 g/mol. The third-order valence-electron chi connectivity index (χ3n) is 0.329. The highest BCUT2D eigenvalue weighted by Crippen LogP contribution is 1.83. The summed E-state index contributed by atoms with van der Waals surface area (Å²) in [6, 6.07) is 0. The molecule has 0 spiro atoms. The third kappa shape index (κ3) is 0.484. The van der Waals surface area contributed by atoms with Crippen molar-refractivity contribution in [3.8, 4) is 0 Å². The average molecular weight is 84.1 g/mol. The van der Waals surface area contributed by atoms with Gasteiger partial charge in [0, 0.05) is 6.08 Å². The van der Waals surface area contributed by atoms with E-state index in [-0.39, 0.29) is 0 Å². The molecule has 6 heavy (non-hydrogen) atoms. The van der Waals surface area contributed by atoms with Crippen molar-refractivity contribution in [2.24, 2.45) is 5.16 Å². The van der Waals surface area contributed by atoms with Crippen LogP contribution in [-0.2, 0) is 9.88 Å². The number of nitrogens with zero attached hydrogens (tertiary/aromatic N) is 1. The second-order valence-electron chi connectivity index (χ2n) is 0.690. The largest absolute Gasteiger partial charge is 0.275 e. The Morgan fingerprint density at radius 3 is 2.83 bits per heavy atom. The zero-order valence-corrected chi connectivity index (χ0v) is 2.92. The van der Waals surface area contributed by atoms with Crippen molar-refractivity contribution in [2.45, 2.75) is 0 Å². The van der Waals surface area contributed by atoms with Gasteiger partial charge in [-0.05, 0) is 5.16 Å². The lowest BCUT2D eigenvalue weighted by atomic mass is 10.7. The van der Waals surface area contributed by atoms with E-state index in [1.54, 1.807) is 0 Å². The molecule has 0 aromatic carbocycles. The van der Waals surface area contributed by atoms with Crippen LogP contribution in [0.3, 0.4) is 0 Å². The van der Waals surface area contributed by atoms with E-state index in [4.69, 9.17) is 0 Å². The maximum atomic E-state index is 4.14. The van der Waals surface area contributed by atoms with E-state index in [1.165, 1.54) is 12.5 Å². The van der Waals surface area contributed by atoms with Crippen molar-refractivity contribution in [3.05, 3.63) is 12.3 Å². The lowest BCUT2D eigenvalue weighted by Gasteiger charge is -1.91. The fraction of sp³-hybridized carbons (Fsp3) is 0. The van der Waals surface area contributed by atoms with Crippen LogP contribution in [0.5, 0.6) is 0 Å². The van der Waals surface area contributed by atoms with Crippen molar-refractivity contribution in [3.63, 3.8) is 0 Å². The predicted molar refractivity (Wildman–Crippen MR) is 18.5 cm³/mol. The Morgan fingerprint density at radius 1 is 1.67 bits per heavy atom. The molecule has 0 bridgehead atoms. The third-order valence-corrected chi connectivity index (χ3v) is 0.329. The Labute approximate surface area is 34.8 Å². The van der Waals surface area contributed by atoms with Gasteiger partial charge in [-0.3, -0.25) is 4.89 Å². The number of allylic oxidation sites excluding steroid dienone is 1. The van der Waals surface area contributed by atoms with Gasteiger partial charge in [0.05, 0.1) is 6.21 Å². The van der Waals surface area contributed by atoms with Gasteiger partial charge in [-0.15, -0.1) is 0 Å². The quantitative estimate of drug-likeness (QED) is 0.394. The first-order valence-corrected chi connectivity index (χ1v) is 1.42. The second-order valence-corrected chi connectivity index (χ2v) is 0.690. The zero-order chi connectivity index (χ0) is 4.24. The van der Waals surface area contributed by atoms with Crippen molar-refractivity contribution in [2.75, 3.05) is 0 Å². The van der Waals surface area contributed by atoms with Gasteiger partial charge in [-0.2, -0.15) is 4.99 Å². The molecule has 3 nitrogen and oxygen atoms in total. The van der Waals surface area contributed by atoms with Gasteiger partial charge in [0.1, 0.15) is 0 Å². The highest BCUT2D eigenvalue weighted by atomic mass is 17.3. The number of hydrogen-bond donors (Lipinski definition) is 0. The fourth-order valence-corrected chi connectivity index (χ4v) is 0.157. The first-order valence-electron chi connectivity index (χ1n) is 1.42. The Bertz CT molecular complexity index is 74.8. The summed E-state index contributed by atoms with van der Waals surface area (Å²) in [4.78, 5) is 8.16. The molecule has 0 saturated carbocycles. The molecule has 0 fully saturated rings. The topological polar surface area (TPSA) is 30.8 Å². The maximum Gasteiger partial charge on any atom is 0.155 e. The number of oxime groups is 1. The van der Waals surface area contributed by atoms with Gasteiger partial charge in [0.2, 0.25) is 0 Å². The molecule has 1 heterocycles. The van der Waals surface area contributed by atoms with Crippen molar-refractivity contribution < 1.29 is 9.88 Å². The van der Waals surface area contributed by atoms with E-state index in [2.05, 4.69) is 21.1 Å². The summed E-state index contributed by atoms with van der Waals surface area (Å²) in [5, 5.41) is 3.19. The molecule has 0 amide bonds. The Balaban J connectivity index is 2.46. The molecular weight excluding hydrogens is 82.0 g/mol. The van der Waals surface area contributed by atoms with Gasteiger partial charge in [-0.1, -0.05) is 0 Å². The lowest BCUT2D eigenvalue weighted by Crippen LogP contribution is -1.83. The minimum atomic E-state index is 1.27. The first-order chi connectivity index (χ1) is 3.00. The molecule has 3 heteroatoms. The molecule has 0 N–H and O–H groups in total. The van der Waals surface area contributed by atoms with Gasteiger partial charge >= 0.3 is 0 Å². The summed E-state index contributed by atoms with van der Waals surface area (Å²) in [6.07, 6.45) is 5.16. The molecule has 0 saturated heterocycles. The SMILES string of the molecule is [C]1=COON=C1. The lowest BCUT2D eigenvalue weighted by molar-refractivity contribution is -0.251. The Hall–Kier alpha value is -0.990. The molecule has 31 valence electrons. The molecule has 0 atom stereocenters. The van der Waals surface area contributed by atoms with E-state index in [0.717, 1.165) is 0 Å². The highest BCUT2D eigenvalue weighted by Gasteiger charge is 1.78. The van der Waals surface area contributed by atoms with Crippen LogP contribution in [0.1, 0.15) is 0 Å². The van der Waals surface area contributed by atoms with Crippen LogP contribution in [0.25, 0.3) is 0 Å². The molecule has 1 rings (SSSR count). The molecule has 1 radical (unpaired) electrons. The van der Waals surface area contributed by atoms with E-state index in [9.17, 15) is 0 Å². The van der Waals surface area contributed by atoms with Crippen LogP contribution >= 0.6 is 0 Å². The van der Waals surface area contributed by atoms with Crippen molar-refractivity contribution in [1.82, 2.24) is 0 Å². The number of hydrogen-bond acceptors (Lipinski definition) is 3. The molecular formula is C3H2NO2. The van der Waals surface area contributed by atoms with Crippen LogP contribution in [0.15, 0.2) is 11.4 Å². The summed E-state index contributed by atoms with van der Waals surface area (Å²) in [7, 11) is 0. The zero-order valence-electron chi connectivity index (χ0n) is 2.92. The summed E-state index contributed by atoms with van der Waals surface area (Å²) in [6.45, 7) is 0. The van der Waals surface area contributed by atoms with Crippen LogP contribution in [0, 0.1) is 6.08 Å². The van der Waals surface area contributed by atoms with E-state index >= 15 is 0 Å². The summed E-state index contributed by atoms with van der Waals surface area (Å²) >= 11 is 0. The van der Waals surface area contributed by atoms with E-state index in [0.29, 0.717) is 0 Å². The van der Waals surface area contributed by atoms with Crippen LogP contribution in [-0.4, -0.2) is 6.21 Å². The maximum absolute atomic E-state index is 4.14. The molecule has 0 aromatic heterocycles. The van der Waals surface area contributed by atoms with E-state index in [1.807, 2.05) is 0 Å². The Kier molecular flexibility index (Phi) is 0.774. The molecule has 0 aromatic rings. The van der Waals surface area contributed by atoms with Gasteiger partial charge < -0.3 is 0 Å². The highest BCUT2D eigenvalue weighted by molar-refractivity contribution is 5.65. The summed E-state index contributed by atoms with van der Waals surface area (Å²) in [5.41, 5.74) is 0. The smallest absolute Gasteiger partial charge is 0.155 e. The first kappa shape index (κ1) is 3.21. The van der Waals surface area contributed by atoms with Gasteiger partial charge in [0.25, 0.3) is 0 Å². The molecule has 0 aliphatic carbocycles. The predicted octanol–water partition coefficient (Wildman–Crippen LogP) is 0.251. The Morgan fingerprint density at radius 2 is 2.67 bits per heavy atom. The summed E-state index contributed by atoms with van der Waals surface area (Å²) < 4.78 is 0. The minimum Gasteiger partial charge on any atom is -0.275 e. The molecule has 1 aliphatic heterocycles. The van der Waals surface area contributed by atoms with Gasteiger partial charge in [0.15, 0.2) is 6.26 Å². The van der Waals surface area contributed by atoms with Crippen LogP contribution in [0.4, 0.5) is 0 Å². The fourth-order valence-electron chi connectivity index (χ4n) is 0.157. The van der Waals surface area contributed by atoms with Crippen molar-refractivity contribution in [1.29, 1.82) is 0 Å². The van der Waals surface area contributed by atoms with E-state index < -0.39 is 0 Å². The molecule has 1 aliphatic rings. The standard InChI is InChI=1S/C3H2NO2/c1-2-4-6-5-3-1/h2-3H. The minimum absolute atomic E-state index is 1.27. The van der Waals surface area contributed by atoms with Crippen LogP contribution in [0.2, 0.25) is 0 Å². The molecule has 0 unspecified atom stereocenters.